The lowest BCUT2D eigenvalue weighted by Crippen LogP contribution is -2.45. The lowest BCUT2D eigenvalue weighted by Gasteiger charge is -2.21. The topological polar surface area (TPSA) is 84.5 Å². The van der Waals surface area contributed by atoms with Crippen LogP contribution < -0.4 is 14.8 Å². The van der Waals surface area contributed by atoms with E-state index in [0.29, 0.717) is 12.4 Å². The quantitative estimate of drug-likeness (QED) is 0.415. The molecule has 0 aromatic heterocycles. The second-order valence-electron chi connectivity index (χ2n) is 7.92. The number of ether oxygens (including phenoxy) is 1. The smallest absolute Gasteiger partial charge is 0.242 e. The monoisotopic (exact) mass is 480 g/mol. The number of rotatable bonds is 11. The van der Waals surface area contributed by atoms with Gasteiger partial charge in [0.25, 0.3) is 0 Å². The van der Waals surface area contributed by atoms with Crippen molar-refractivity contribution in [3.8, 4) is 5.75 Å². The summed E-state index contributed by atoms with van der Waals surface area (Å²) in [6, 6.07) is 20.5. The summed E-state index contributed by atoms with van der Waals surface area (Å²) in [6.07, 6.45) is 1.73. The molecule has 0 unspecified atom stereocenters. The number of anilines is 1. The van der Waals surface area contributed by atoms with E-state index in [1.54, 1.807) is 12.1 Å². The molecule has 0 heterocycles. The average Bonchev–Trinajstić information content (AvgIpc) is 2.84. The summed E-state index contributed by atoms with van der Waals surface area (Å²) in [6.45, 7) is 6.41. The highest BCUT2D eigenvalue weighted by molar-refractivity contribution is 7.89. The Morgan fingerprint density at radius 2 is 1.47 bits per heavy atom. The van der Waals surface area contributed by atoms with Gasteiger partial charge in [-0.1, -0.05) is 62.4 Å². The summed E-state index contributed by atoms with van der Waals surface area (Å²) >= 11 is 0. The Morgan fingerprint density at radius 1 is 0.853 bits per heavy atom. The van der Waals surface area contributed by atoms with E-state index in [0.717, 1.165) is 35.2 Å². The van der Waals surface area contributed by atoms with Crippen LogP contribution in [-0.4, -0.2) is 27.0 Å². The second-order valence-corrected chi connectivity index (χ2v) is 9.63. The van der Waals surface area contributed by atoms with Crippen molar-refractivity contribution >= 4 is 21.6 Å². The molecule has 180 valence electrons. The minimum absolute atomic E-state index is 0.0741. The Bertz CT molecular complexity index is 1170. The van der Waals surface area contributed by atoms with Gasteiger partial charge in [0.2, 0.25) is 15.9 Å². The van der Waals surface area contributed by atoms with E-state index in [-0.39, 0.29) is 11.3 Å². The van der Waals surface area contributed by atoms with Crippen molar-refractivity contribution in [2.45, 2.75) is 51.0 Å². The molecular weight excluding hydrogens is 448 g/mol. The summed E-state index contributed by atoms with van der Waals surface area (Å²) in [5.41, 5.74) is 3.65. The molecule has 0 saturated carbocycles. The number of para-hydroxylation sites is 1. The maximum Gasteiger partial charge on any atom is 0.242 e. The SMILES string of the molecule is CCOc1ccc(S(=O)(=O)N[C@@H](Cc2ccccc2)C(=O)Nc2c(CC)cccc2CC)cc1. The van der Waals surface area contributed by atoms with E-state index in [4.69, 9.17) is 4.74 Å². The molecule has 1 atom stereocenters. The van der Waals surface area contributed by atoms with Crippen LogP contribution in [0.1, 0.15) is 37.5 Å². The van der Waals surface area contributed by atoms with Gasteiger partial charge in [0.1, 0.15) is 11.8 Å². The Labute approximate surface area is 202 Å². The van der Waals surface area contributed by atoms with Crippen molar-refractivity contribution in [2.75, 3.05) is 11.9 Å². The number of amides is 1. The van der Waals surface area contributed by atoms with Crippen LogP contribution in [0.2, 0.25) is 0 Å². The van der Waals surface area contributed by atoms with Gasteiger partial charge in [-0.15, -0.1) is 0 Å². The van der Waals surface area contributed by atoms with Gasteiger partial charge < -0.3 is 10.1 Å². The third-order valence-electron chi connectivity index (χ3n) is 5.59. The maximum absolute atomic E-state index is 13.4. The molecule has 0 aliphatic rings. The molecule has 3 aromatic rings. The number of sulfonamides is 1. The summed E-state index contributed by atoms with van der Waals surface area (Å²) in [5, 5.41) is 3.02. The van der Waals surface area contributed by atoms with Gasteiger partial charge >= 0.3 is 0 Å². The molecule has 7 heteroatoms. The van der Waals surface area contributed by atoms with Crippen molar-refractivity contribution in [1.82, 2.24) is 4.72 Å². The zero-order valence-electron chi connectivity index (χ0n) is 19.9. The first kappa shape index (κ1) is 25.5. The fourth-order valence-electron chi connectivity index (χ4n) is 3.79. The van der Waals surface area contributed by atoms with Crippen molar-refractivity contribution < 1.29 is 17.9 Å². The average molecular weight is 481 g/mol. The number of carbonyl (C=O) groups is 1. The van der Waals surface area contributed by atoms with Crippen molar-refractivity contribution in [3.05, 3.63) is 89.5 Å². The minimum atomic E-state index is -3.95. The third kappa shape index (κ3) is 6.46. The molecule has 0 bridgehead atoms. The first-order valence-electron chi connectivity index (χ1n) is 11.6. The summed E-state index contributed by atoms with van der Waals surface area (Å²) < 4.78 is 34.4. The summed E-state index contributed by atoms with van der Waals surface area (Å²) in [4.78, 5) is 13.5. The molecule has 3 aromatic carbocycles. The Kier molecular flexibility index (Phi) is 8.85. The molecule has 0 aliphatic carbocycles. The fourth-order valence-corrected chi connectivity index (χ4v) is 4.98. The van der Waals surface area contributed by atoms with Crippen LogP contribution in [0.3, 0.4) is 0 Å². The molecule has 2 N–H and O–H groups in total. The Morgan fingerprint density at radius 3 is 2.03 bits per heavy atom. The first-order chi connectivity index (χ1) is 16.4. The number of hydrogen-bond acceptors (Lipinski definition) is 4. The number of hydrogen-bond donors (Lipinski definition) is 2. The number of nitrogens with one attached hydrogen (secondary N) is 2. The zero-order chi connectivity index (χ0) is 24.6. The molecular formula is C27H32N2O4S. The van der Waals surface area contributed by atoms with E-state index in [1.807, 2.05) is 69.3 Å². The fraction of sp³-hybridized carbons (Fsp3) is 0.296. The maximum atomic E-state index is 13.4. The zero-order valence-corrected chi connectivity index (χ0v) is 20.7. The summed E-state index contributed by atoms with van der Waals surface area (Å²) in [7, 11) is -3.95. The van der Waals surface area contributed by atoms with E-state index < -0.39 is 22.0 Å². The molecule has 3 rings (SSSR count). The molecule has 34 heavy (non-hydrogen) atoms. The third-order valence-corrected chi connectivity index (χ3v) is 7.08. The molecule has 0 aliphatic heterocycles. The van der Waals surface area contributed by atoms with E-state index in [2.05, 4.69) is 10.0 Å². The largest absolute Gasteiger partial charge is 0.494 e. The Balaban J connectivity index is 1.90. The standard InChI is InChI=1S/C27H32N2O4S/c1-4-21-13-10-14-22(5-2)26(21)28-27(30)25(19-20-11-8-7-9-12-20)29-34(31,32)24-17-15-23(16-18-24)33-6-3/h7-18,25,29H,4-6,19H2,1-3H3,(H,28,30)/t25-/m0/s1. The second kappa shape index (κ2) is 11.8. The predicted molar refractivity (Wildman–Crippen MR) is 136 cm³/mol. The van der Waals surface area contributed by atoms with Gasteiger partial charge in [-0.25, -0.2) is 8.42 Å². The van der Waals surface area contributed by atoms with Gasteiger partial charge in [-0.2, -0.15) is 4.72 Å². The number of aryl methyl sites for hydroxylation is 2. The molecule has 6 nitrogen and oxygen atoms in total. The van der Waals surface area contributed by atoms with Crippen LogP contribution in [0.15, 0.2) is 77.7 Å². The predicted octanol–water partition coefficient (Wildman–Crippen LogP) is 4.74. The van der Waals surface area contributed by atoms with Gasteiger partial charge in [0, 0.05) is 5.69 Å². The van der Waals surface area contributed by atoms with Crippen molar-refractivity contribution in [1.29, 1.82) is 0 Å². The van der Waals surface area contributed by atoms with Crippen LogP contribution >= 0.6 is 0 Å². The molecule has 0 radical (unpaired) electrons. The van der Waals surface area contributed by atoms with Gasteiger partial charge in [-0.3, -0.25) is 4.79 Å². The normalized spacial score (nSPS) is 12.2. The Hall–Kier alpha value is -3.16. The van der Waals surface area contributed by atoms with Gasteiger partial charge in [-0.05, 0) is 67.1 Å². The minimum Gasteiger partial charge on any atom is -0.494 e. The highest BCUT2D eigenvalue weighted by Crippen LogP contribution is 2.23. The van der Waals surface area contributed by atoms with E-state index in [1.165, 1.54) is 12.1 Å². The lowest BCUT2D eigenvalue weighted by molar-refractivity contribution is -0.117. The number of carbonyl (C=O) groups excluding carboxylic acids is 1. The lowest BCUT2D eigenvalue weighted by atomic mass is 10.0. The van der Waals surface area contributed by atoms with Crippen molar-refractivity contribution in [2.24, 2.45) is 0 Å². The van der Waals surface area contributed by atoms with E-state index >= 15 is 0 Å². The van der Waals surface area contributed by atoms with Crippen LogP contribution in [0.25, 0.3) is 0 Å². The first-order valence-corrected chi connectivity index (χ1v) is 13.1. The van der Waals surface area contributed by atoms with Crippen molar-refractivity contribution in [3.63, 3.8) is 0 Å². The van der Waals surface area contributed by atoms with Crippen LogP contribution in [0, 0.1) is 0 Å². The summed E-state index contributed by atoms with van der Waals surface area (Å²) in [5.74, 6) is 0.192. The molecule has 1 amide bonds. The van der Waals surface area contributed by atoms with Crippen LogP contribution in [-0.2, 0) is 34.1 Å². The van der Waals surface area contributed by atoms with Crippen LogP contribution in [0.5, 0.6) is 5.75 Å². The van der Waals surface area contributed by atoms with Crippen LogP contribution in [0.4, 0.5) is 5.69 Å². The number of benzene rings is 3. The molecule has 0 fully saturated rings. The molecule has 0 saturated heterocycles. The molecule has 0 spiro atoms. The van der Waals surface area contributed by atoms with Gasteiger partial charge in [0.15, 0.2) is 0 Å². The highest BCUT2D eigenvalue weighted by Gasteiger charge is 2.27. The van der Waals surface area contributed by atoms with E-state index in [9.17, 15) is 13.2 Å². The highest BCUT2D eigenvalue weighted by atomic mass is 32.2. The van der Waals surface area contributed by atoms with Gasteiger partial charge in [0.05, 0.1) is 11.5 Å².